The first-order chi connectivity index (χ1) is 12.3. The molecule has 1 unspecified atom stereocenters. The lowest BCUT2D eigenvalue weighted by Gasteiger charge is -2.12. The molecule has 0 radical (unpaired) electrons. The summed E-state index contributed by atoms with van der Waals surface area (Å²) in [6.07, 6.45) is 0. The van der Waals surface area contributed by atoms with E-state index in [9.17, 15) is 4.57 Å². The van der Waals surface area contributed by atoms with Crippen LogP contribution in [0.2, 0.25) is 0 Å². The van der Waals surface area contributed by atoms with Gasteiger partial charge in [-0.05, 0) is 79.3 Å². The molecule has 0 fully saturated rings. The highest BCUT2D eigenvalue weighted by atomic mass is 79.9. The maximum atomic E-state index is 13.1. The topological polar surface area (TPSA) is 17.1 Å². The Bertz CT molecular complexity index is 1010. The molecule has 3 rings (SSSR count). The van der Waals surface area contributed by atoms with E-state index in [4.69, 9.17) is 0 Å². The molecule has 4 heteroatoms. The van der Waals surface area contributed by atoms with Crippen LogP contribution in [-0.4, -0.2) is 0 Å². The van der Waals surface area contributed by atoms with Crippen molar-refractivity contribution in [3.05, 3.63) is 79.7 Å². The quantitative estimate of drug-likeness (QED) is 0.376. The van der Waals surface area contributed by atoms with E-state index in [2.05, 4.69) is 76.0 Å². The maximum Gasteiger partial charge on any atom is 0.132 e. The molecule has 0 aliphatic carbocycles. The van der Waals surface area contributed by atoms with Gasteiger partial charge in [-0.2, -0.15) is 0 Å². The van der Waals surface area contributed by atoms with Crippen LogP contribution >= 0.6 is 39.7 Å². The van der Waals surface area contributed by atoms with Crippen LogP contribution in [0.5, 0.6) is 0 Å². The average Bonchev–Trinajstić information content (AvgIpc) is 2.61. The van der Waals surface area contributed by atoms with Gasteiger partial charge >= 0.3 is 0 Å². The van der Waals surface area contributed by atoms with Crippen LogP contribution in [0.4, 0.5) is 0 Å². The Morgan fingerprint density at radius 3 is 1.85 bits per heavy atom. The zero-order valence-corrected chi connectivity index (χ0v) is 19.5. The fourth-order valence-corrected chi connectivity index (χ4v) is 5.55. The van der Waals surface area contributed by atoms with Gasteiger partial charge in [-0.25, -0.2) is 0 Å². The normalized spacial score (nSPS) is 12.2. The Hall–Kier alpha value is -1.15. The second-order valence-corrected chi connectivity index (χ2v) is 10.2. The van der Waals surface area contributed by atoms with Gasteiger partial charge in [-0.15, -0.1) is 0 Å². The number of hydrogen-bond donors (Lipinski definition) is 0. The lowest BCUT2D eigenvalue weighted by Crippen LogP contribution is -2.10. The highest BCUT2D eigenvalue weighted by Gasteiger charge is 2.13. The second-order valence-electron chi connectivity index (χ2n) is 6.74. The van der Waals surface area contributed by atoms with E-state index in [1.54, 1.807) is 0 Å². The van der Waals surface area contributed by atoms with Gasteiger partial charge in [0.15, 0.2) is 0 Å². The van der Waals surface area contributed by atoms with Crippen molar-refractivity contribution < 1.29 is 4.57 Å². The Morgan fingerprint density at radius 2 is 1.23 bits per heavy atom. The van der Waals surface area contributed by atoms with Gasteiger partial charge in [0.25, 0.3) is 0 Å². The Labute approximate surface area is 172 Å². The van der Waals surface area contributed by atoms with Crippen LogP contribution < -0.4 is 10.6 Å². The number of halogens is 2. The van der Waals surface area contributed by atoms with Gasteiger partial charge in [0.05, 0.1) is 0 Å². The maximum absolute atomic E-state index is 13.1. The van der Waals surface area contributed by atoms with E-state index >= 15 is 0 Å². The van der Waals surface area contributed by atoms with E-state index in [1.165, 1.54) is 16.7 Å². The smallest absolute Gasteiger partial charge is 0.132 e. The molecule has 1 atom stereocenters. The van der Waals surface area contributed by atoms with Crippen LogP contribution in [0.15, 0.2) is 57.5 Å². The average molecular weight is 492 g/mol. The molecule has 3 aromatic rings. The van der Waals surface area contributed by atoms with Crippen LogP contribution in [0.3, 0.4) is 0 Å². The van der Waals surface area contributed by atoms with Gasteiger partial charge in [-0.3, -0.25) is 0 Å². The lowest BCUT2D eigenvalue weighted by atomic mass is 9.99. The summed E-state index contributed by atoms with van der Waals surface area (Å²) in [7, 11) is -2.01. The molecule has 0 spiro atoms. The van der Waals surface area contributed by atoms with Crippen LogP contribution in [0.25, 0.3) is 11.1 Å². The van der Waals surface area contributed by atoms with Gasteiger partial charge in [-0.1, -0.05) is 62.2 Å². The van der Waals surface area contributed by atoms with Gasteiger partial charge < -0.3 is 4.57 Å². The SMILES string of the molecule is Cc1cc(-c2ccc([PH](=O)c3cc(C)c(Br)cc3C)cc2)c(C)cc1Br. The summed E-state index contributed by atoms with van der Waals surface area (Å²) >= 11 is 7.13. The Balaban J connectivity index is 1.97. The van der Waals surface area contributed by atoms with Crippen molar-refractivity contribution in [3.63, 3.8) is 0 Å². The van der Waals surface area contributed by atoms with Crippen LogP contribution in [-0.2, 0) is 4.57 Å². The molecule has 134 valence electrons. The largest absolute Gasteiger partial charge is 0.317 e. The van der Waals surface area contributed by atoms with Crippen LogP contribution in [0.1, 0.15) is 22.3 Å². The highest BCUT2D eigenvalue weighted by Crippen LogP contribution is 2.30. The molecular formula is C22H21Br2OP. The van der Waals surface area contributed by atoms with Crippen molar-refractivity contribution in [2.24, 2.45) is 0 Å². The molecule has 26 heavy (non-hydrogen) atoms. The molecule has 1 nitrogen and oxygen atoms in total. The fourth-order valence-electron chi connectivity index (χ4n) is 3.07. The van der Waals surface area contributed by atoms with E-state index in [1.807, 2.05) is 32.0 Å². The first-order valence-electron chi connectivity index (χ1n) is 8.46. The molecule has 0 N–H and O–H groups in total. The molecule has 3 aromatic carbocycles. The predicted octanol–water partition coefficient (Wildman–Crippen LogP) is 6.62. The van der Waals surface area contributed by atoms with Crippen molar-refractivity contribution in [3.8, 4) is 11.1 Å². The van der Waals surface area contributed by atoms with Crippen LogP contribution in [0, 0.1) is 27.7 Å². The molecule has 0 bridgehead atoms. The predicted molar refractivity (Wildman–Crippen MR) is 121 cm³/mol. The number of hydrogen-bond acceptors (Lipinski definition) is 1. The van der Waals surface area contributed by atoms with E-state index < -0.39 is 7.80 Å². The standard InChI is InChI=1S/C22H21Br2OP/c1-13-10-20(23)14(2)9-19(13)17-5-7-18(8-6-17)26(25)22-12-15(3)21(24)11-16(22)4/h5-12,26H,1-4H3. The lowest BCUT2D eigenvalue weighted by molar-refractivity contribution is 0.598. The zero-order chi connectivity index (χ0) is 19.0. The summed E-state index contributed by atoms with van der Waals surface area (Å²) in [6, 6.07) is 16.6. The summed E-state index contributed by atoms with van der Waals surface area (Å²) < 4.78 is 15.3. The first-order valence-corrected chi connectivity index (χ1v) is 11.5. The first kappa shape index (κ1) is 19.6. The zero-order valence-electron chi connectivity index (χ0n) is 15.3. The molecule has 0 saturated heterocycles. The summed E-state index contributed by atoms with van der Waals surface area (Å²) in [4.78, 5) is 0. The molecule has 0 heterocycles. The van der Waals surface area contributed by atoms with E-state index in [-0.39, 0.29) is 0 Å². The molecule has 0 saturated carbocycles. The minimum atomic E-state index is -2.01. The summed E-state index contributed by atoms with van der Waals surface area (Å²) in [5.41, 5.74) is 6.98. The van der Waals surface area contributed by atoms with Crippen molar-refractivity contribution in [1.82, 2.24) is 0 Å². The minimum Gasteiger partial charge on any atom is -0.317 e. The van der Waals surface area contributed by atoms with Gasteiger partial charge in [0.2, 0.25) is 0 Å². The molecule has 0 aromatic heterocycles. The van der Waals surface area contributed by atoms with E-state index in [0.717, 1.165) is 36.2 Å². The number of rotatable bonds is 3. The fraction of sp³-hybridized carbons (Fsp3) is 0.182. The van der Waals surface area contributed by atoms with Gasteiger partial charge in [0.1, 0.15) is 7.80 Å². The van der Waals surface area contributed by atoms with Crippen molar-refractivity contribution in [1.29, 1.82) is 0 Å². The summed E-state index contributed by atoms with van der Waals surface area (Å²) in [6.45, 7) is 8.26. The minimum absolute atomic E-state index is 0.898. The third-order valence-electron chi connectivity index (χ3n) is 4.71. The molecule has 0 aliphatic heterocycles. The van der Waals surface area contributed by atoms with E-state index in [0.29, 0.717) is 0 Å². The molecular weight excluding hydrogens is 471 g/mol. The molecule has 0 aliphatic rings. The third kappa shape index (κ3) is 3.91. The highest BCUT2D eigenvalue weighted by molar-refractivity contribution is 9.10. The second kappa shape index (κ2) is 7.84. The number of aryl methyl sites for hydroxylation is 4. The van der Waals surface area contributed by atoms with Crippen molar-refractivity contribution in [2.45, 2.75) is 27.7 Å². The molecule has 0 amide bonds. The summed E-state index contributed by atoms with van der Waals surface area (Å²) in [5, 5.41) is 1.84. The summed E-state index contributed by atoms with van der Waals surface area (Å²) in [5.74, 6) is 0. The monoisotopic (exact) mass is 490 g/mol. The van der Waals surface area contributed by atoms with Crippen molar-refractivity contribution >= 4 is 50.3 Å². The Kier molecular flexibility index (Phi) is 5.91. The van der Waals surface area contributed by atoms with Crippen molar-refractivity contribution in [2.75, 3.05) is 0 Å². The number of benzene rings is 3. The third-order valence-corrected chi connectivity index (χ3v) is 8.31. The Morgan fingerprint density at radius 1 is 0.692 bits per heavy atom. The van der Waals surface area contributed by atoms with Gasteiger partial charge in [0, 0.05) is 19.6 Å².